The Morgan fingerprint density at radius 3 is 2.68 bits per heavy atom. The Bertz CT molecular complexity index is 644. The number of guanidine groups is 1. The van der Waals surface area contributed by atoms with Crippen molar-refractivity contribution in [3.63, 3.8) is 0 Å². The summed E-state index contributed by atoms with van der Waals surface area (Å²) in [6.07, 6.45) is -1.69. The molecule has 1 unspecified atom stereocenters. The molecular formula is C18H26Cl2F3IN4. The number of rotatable bonds is 7. The first-order valence-corrected chi connectivity index (χ1v) is 9.70. The van der Waals surface area contributed by atoms with Gasteiger partial charge in [0.1, 0.15) is 0 Å². The van der Waals surface area contributed by atoms with E-state index in [-0.39, 0.29) is 29.9 Å². The molecule has 2 rings (SSSR count). The first-order valence-electron chi connectivity index (χ1n) is 8.94. The van der Waals surface area contributed by atoms with Crippen molar-refractivity contribution in [1.82, 2.24) is 15.5 Å². The Labute approximate surface area is 191 Å². The highest BCUT2D eigenvalue weighted by Crippen LogP contribution is 2.23. The molecule has 160 valence electrons. The smallest absolute Gasteiger partial charge is 0.356 e. The van der Waals surface area contributed by atoms with E-state index in [1.807, 2.05) is 12.1 Å². The van der Waals surface area contributed by atoms with Crippen LogP contribution in [0.25, 0.3) is 0 Å². The van der Waals surface area contributed by atoms with Crippen molar-refractivity contribution < 1.29 is 13.2 Å². The van der Waals surface area contributed by atoms with E-state index in [0.717, 1.165) is 24.8 Å². The number of likely N-dealkylation sites (tertiary alicyclic amines) is 1. The molecule has 0 amide bonds. The van der Waals surface area contributed by atoms with Crippen LogP contribution in [-0.2, 0) is 6.42 Å². The Balaban J connectivity index is 0.00000392. The van der Waals surface area contributed by atoms with Gasteiger partial charge in [0.2, 0.25) is 0 Å². The molecule has 4 nitrogen and oxygen atoms in total. The second-order valence-corrected chi connectivity index (χ2v) is 7.57. The van der Waals surface area contributed by atoms with Crippen molar-refractivity contribution in [2.75, 3.05) is 39.8 Å². The van der Waals surface area contributed by atoms with E-state index in [2.05, 4.69) is 15.6 Å². The highest BCUT2D eigenvalue weighted by molar-refractivity contribution is 14.0. The van der Waals surface area contributed by atoms with Crippen LogP contribution in [0.1, 0.15) is 18.4 Å². The van der Waals surface area contributed by atoms with Crippen molar-refractivity contribution in [2.45, 2.75) is 25.4 Å². The van der Waals surface area contributed by atoms with Crippen LogP contribution < -0.4 is 10.6 Å². The van der Waals surface area contributed by atoms with Crippen LogP contribution in [-0.4, -0.2) is 56.8 Å². The maximum absolute atomic E-state index is 12.4. The van der Waals surface area contributed by atoms with Crippen LogP contribution in [0.2, 0.25) is 10.0 Å². The number of aliphatic imine (C=N–C) groups is 1. The second kappa shape index (κ2) is 12.3. The Morgan fingerprint density at radius 2 is 2.04 bits per heavy atom. The third kappa shape index (κ3) is 9.37. The average Bonchev–Trinajstić information content (AvgIpc) is 3.01. The molecule has 1 aliphatic heterocycles. The highest BCUT2D eigenvalue weighted by atomic mass is 127. The van der Waals surface area contributed by atoms with E-state index < -0.39 is 12.7 Å². The number of nitrogens with one attached hydrogen (secondary N) is 2. The molecule has 1 saturated heterocycles. The number of aryl methyl sites for hydroxylation is 1. The monoisotopic (exact) mass is 552 g/mol. The molecule has 1 fully saturated rings. The standard InChI is InChI=1S/C18H25Cl2F3N4.HI/c1-24-17(25-7-2-3-14-4-5-15(19)9-16(14)20)26-10-13-6-8-27(11-13)12-18(21,22)23;/h4-5,9,13H,2-3,6-8,10-12H2,1H3,(H2,24,25,26);1H. The number of hydrogen-bond acceptors (Lipinski definition) is 2. The molecular weight excluding hydrogens is 527 g/mol. The SMILES string of the molecule is CN=C(NCCCc1ccc(Cl)cc1Cl)NCC1CCN(CC(F)(F)F)C1.I. The van der Waals surface area contributed by atoms with E-state index in [1.54, 1.807) is 13.1 Å². The zero-order valence-electron chi connectivity index (χ0n) is 15.7. The maximum Gasteiger partial charge on any atom is 0.401 e. The molecule has 0 aromatic heterocycles. The fraction of sp³-hybridized carbons (Fsp3) is 0.611. The van der Waals surface area contributed by atoms with Gasteiger partial charge in [-0.1, -0.05) is 29.3 Å². The molecule has 0 bridgehead atoms. The summed E-state index contributed by atoms with van der Waals surface area (Å²) in [5.41, 5.74) is 1.04. The number of benzene rings is 1. The lowest BCUT2D eigenvalue weighted by Gasteiger charge is -2.18. The fourth-order valence-corrected chi connectivity index (χ4v) is 3.65. The molecule has 1 aromatic rings. The van der Waals surface area contributed by atoms with Crippen LogP contribution in [0.5, 0.6) is 0 Å². The van der Waals surface area contributed by atoms with Gasteiger partial charge in [-0.2, -0.15) is 13.2 Å². The van der Waals surface area contributed by atoms with Gasteiger partial charge < -0.3 is 10.6 Å². The van der Waals surface area contributed by atoms with E-state index in [1.165, 1.54) is 4.90 Å². The predicted octanol–water partition coefficient (Wildman–Crippen LogP) is 4.59. The van der Waals surface area contributed by atoms with Crippen molar-refractivity contribution in [3.05, 3.63) is 33.8 Å². The first kappa shape index (κ1) is 25.6. The Morgan fingerprint density at radius 1 is 1.29 bits per heavy atom. The summed E-state index contributed by atoms with van der Waals surface area (Å²) in [5.74, 6) is 0.852. The normalized spacial score (nSPS) is 18.1. The van der Waals surface area contributed by atoms with Crippen LogP contribution >= 0.6 is 47.2 Å². The van der Waals surface area contributed by atoms with Crippen LogP contribution in [0.3, 0.4) is 0 Å². The Kier molecular flexibility index (Phi) is 11.2. The summed E-state index contributed by atoms with van der Waals surface area (Å²) in [6, 6.07) is 5.47. The van der Waals surface area contributed by atoms with Gasteiger partial charge in [-0.15, -0.1) is 24.0 Å². The van der Waals surface area contributed by atoms with Crippen LogP contribution in [0.4, 0.5) is 13.2 Å². The number of alkyl halides is 3. The first-order chi connectivity index (χ1) is 12.8. The average molecular weight is 553 g/mol. The van der Waals surface area contributed by atoms with Crippen LogP contribution in [0, 0.1) is 5.92 Å². The molecule has 0 spiro atoms. The van der Waals surface area contributed by atoms with Gasteiger partial charge in [-0.25, -0.2) is 0 Å². The minimum Gasteiger partial charge on any atom is -0.356 e. The summed E-state index contributed by atoms with van der Waals surface area (Å²) >= 11 is 12.0. The van der Waals surface area contributed by atoms with Gasteiger partial charge in [-0.05, 0) is 49.4 Å². The van der Waals surface area contributed by atoms with E-state index in [0.29, 0.717) is 42.2 Å². The molecule has 0 aliphatic carbocycles. The number of nitrogens with zero attached hydrogens (tertiary/aromatic N) is 2. The highest BCUT2D eigenvalue weighted by Gasteiger charge is 2.34. The van der Waals surface area contributed by atoms with Gasteiger partial charge in [0.05, 0.1) is 6.54 Å². The molecule has 28 heavy (non-hydrogen) atoms. The summed E-state index contributed by atoms with van der Waals surface area (Å²) in [7, 11) is 1.68. The molecule has 1 heterocycles. The molecule has 0 saturated carbocycles. The van der Waals surface area contributed by atoms with Gasteiger partial charge in [-0.3, -0.25) is 9.89 Å². The predicted molar refractivity (Wildman–Crippen MR) is 120 cm³/mol. The van der Waals surface area contributed by atoms with Gasteiger partial charge in [0, 0.05) is 36.7 Å². The van der Waals surface area contributed by atoms with E-state index in [4.69, 9.17) is 23.2 Å². The minimum atomic E-state index is -4.13. The molecule has 1 atom stereocenters. The molecule has 1 aromatic carbocycles. The van der Waals surface area contributed by atoms with Gasteiger partial charge in [0.15, 0.2) is 5.96 Å². The van der Waals surface area contributed by atoms with Gasteiger partial charge in [0.25, 0.3) is 0 Å². The van der Waals surface area contributed by atoms with Crippen LogP contribution in [0.15, 0.2) is 23.2 Å². The third-order valence-electron chi connectivity index (χ3n) is 4.49. The largest absolute Gasteiger partial charge is 0.401 e. The van der Waals surface area contributed by atoms with E-state index in [9.17, 15) is 13.2 Å². The topological polar surface area (TPSA) is 39.7 Å². The fourth-order valence-electron chi connectivity index (χ4n) is 3.15. The zero-order valence-corrected chi connectivity index (χ0v) is 19.5. The summed E-state index contributed by atoms with van der Waals surface area (Å²) in [5, 5.41) is 7.70. The lowest BCUT2D eigenvalue weighted by atomic mass is 10.1. The summed E-state index contributed by atoms with van der Waals surface area (Å²) in [4.78, 5) is 5.62. The lowest BCUT2D eigenvalue weighted by molar-refractivity contribution is -0.143. The second-order valence-electron chi connectivity index (χ2n) is 6.72. The van der Waals surface area contributed by atoms with E-state index >= 15 is 0 Å². The Hall–Kier alpha value is -0.450. The van der Waals surface area contributed by atoms with Crippen molar-refractivity contribution in [1.29, 1.82) is 0 Å². The summed E-state index contributed by atoms with van der Waals surface area (Å²) in [6.45, 7) is 1.43. The molecule has 0 radical (unpaired) electrons. The number of hydrogen-bond donors (Lipinski definition) is 2. The quantitative estimate of drug-likeness (QED) is 0.225. The van der Waals surface area contributed by atoms with Crippen molar-refractivity contribution in [3.8, 4) is 0 Å². The number of halogens is 6. The zero-order chi connectivity index (χ0) is 19.9. The minimum absolute atomic E-state index is 0. The maximum atomic E-state index is 12.4. The molecule has 2 N–H and O–H groups in total. The molecule has 1 aliphatic rings. The van der Waals surface area contributed by atoms with Gasteiger partial charge >= 0.3 is 6.18 Å². The molecule has 10 heteroatoms. The third-order valence-corrected chi connectivity index (χ3v) is 5.07. The van der Waals surface area contributed by atoms with Crippen molar-refractivity contribution >= 4 is 53.1 Å². The summed E-state index contributed by atoms with van der Waals surface area (Å²) < 4.78 is 37.3. The van der Waals surface area contributed by atoms with Crippen molar-refractivity contribution in [2.24, 2.45) is 10.9 Å². The lowest BCUT2D eigenvalue weighted by Crippen LogP contribution is -2.41.